The van der Waals surface area contributed by atoms with E-state index in [-0.39, 0.29) is 5.56 Å². The highest BCUT2D eigenvalue weighted by atomic mass is 32.1. The van der Waals surface area contributed by atoms with Crippen molar-refractivity contribution in [2.45, 2.75) is 20.0 Å². The summed E-state index contributed by atoms with van der Waals surface area (Å²) < 4.78 is 45.0. The van der Waals surface area contributed by atoms with Crippen LogP contribution in [-0.2, 0) is 10.9 Å². The van der Waals surface area contributed by atoms with E-state index in [0.717, 1.165) is 17.8 Å². The SMILES string of the molecule is Cc1cc(C(=O)COC(=O)c2cccc(C(F)(F)F)c2)c(C)n1-c1nccs1. The average molecular weight is 408 g/mol. The number of hydrogen-bond donors (Lipinski definition) is 0. The maximum absolute atomic E-state index is 12.8. The molecule has 0 atom stereocenters. The summed E-state index contributed by atoms with van der Waals surface area (Å²) in [4.78, 5) is 28.7. The number of hydrogen-bond acceptors (Lipinski definition) is 5. The first-order valence-corrected chi connectivity index (χ1v) is 9.03. The summed E-state index contributed by atoms with van der Waals surface area (Å²) in [5, 5.41) is 2.52. The summed E-state index contributed by atoms with van der Waals surface area (Å²) in [6.45, 7) is 2.99. The molecule has 0 aliphatic carbocycles. The van der Waals surface area contributed by atoms with Crippen molar-refractivity contribution in [2.75, 3.05) is 6.61 Å². The monoisotopic (exact) mass is 408 g/mol. The Morgan fingerprint density at radius 3 is 2.61 bits per heavy atom. The molecule has 1 aromatic carbocycles. The number of ketones is 1. The van der Waals surface area contributed by atoms with Gasteiger partial charge in [-0.3, -0.25) is 9.36 Å². The van der Waals surface area contributed by atoms with E-state index in [4.69, 9.17) is 4.74 Å². The highest BCUT2D eigenvalue weighted by Gasteiger charge is 2.31. The summed E-state index contributed by atoms with van der Waals surface area (Å²) in [7, 11) is 0. The lowest BCUT2D eigenvalue weighted by Crippen LogP contribution is -2.16. The largest absolute Gasteiger partial charge is 0.454 e. The van der Waals surface area contributed by atoms with Gasteiger partial charge < -0.3 is 4.74 Å². The number of halogens is 3. The van der Waals surface area contributed by atoms with Gasteiger partial charge in [-0.15, -0.1) is 11.3 Å². The van der Waals surface area contributed by atoms with Gasteiger partial charge in [-0.2, -0.15) is 13.2 Å². The molecule has 0 radical (unpaired) electrons. The molecule has 0 amide bonds. The van der Waals surface area contributed by atoms with Crippen molar-refractivity contribution in [3.05, 3.63) is 70.0 Å². The maximum Gasteiger partial charge on any atom is 0.416 e. The van der Waals surface area contributed by atoms with Crippen LogP contribution < -0.4 is 0 Å². The third-order valence-electron chi connectivity index (χ3n) is 4.10. The van der Waals surface area contributed by atoms with Crippen LogP contribution >= 0.6 is 11.3 Å². The molecule has 0 N–H and O–H groups in total. The fraction of sp³-hybridized carbons (Fsp3) is 0.211. The van der Waals surface area contributed by atoms with Gasteiger partial charge in [0.05, 0.1) is 11.1 Å². The molecule has 5 nitrogen and oxygen atoms in total. The zero-order chi connectivity index (χ0) is 20.5. The Hall–Kier alpha value is -2.94. The molecule has 0 bridgehead atoms. The molecule has 0 saturated carbocycles. The van der Waals surface area contributed by atoms with Crippen molar-refractivity contribution in [1.29, 1.82) is 0 Å². The molecule has 28 heavy (non-hydrogen) atoms. The van der Waals surface area contributed by atoms with Gasteiger partial charge in [0.1, 0.15) is 0 Å². The number of rotatable bonds is 5. The normalized spacial score (nSPS) is 11.5. The number of thiazole rings is 1. The average Bonchev–Trinajstić information content (AvgIpc) is 3.26. The minimum atomic E-state index is -4.57. The first kappa shape index (κ1) is 19.8. The summed E-state index contributed by atoms with van der Waals surface area (Å²) in [6.07, 6.45) is -2.92. The molecule has 0 aliphatic heterocycles. The number of alkyl halides is 3. The van der Waals surface area contributed by atoms with Crippen molar-refractivity contribution in [3.8, 4) is 5.13 Å². The minimum absolute atomic E-state index is 0.268. The van der Waals surface area contributed by atoms with Crippen LogP contribution in [-0.4, -0.2) is 27.9 Å². The Kier molecular flexibility index (Phi) is 5.37. The first-order chi connectivity index (χ1) is 13.2. The highest BCUT2D eigenvalue weighted by molar-refractivity contribution is 7.12. The molecule has 0 spiro atoms. The first-order valence-electron chi connectivity index (χ1n) is 8.15. The number of ether oxygens (including phenoxy) is 1. The van der Waals surface area contributed by atoms with E-state index in [1.165, 1.54) is 17.4 Å². The molecular weight excluding hydrogens is 393 g/mol. The van der Waals surface area contributed by atoms with E-state index in [9.17, 15) is 22.8 Å². The summed E-state index contributed by atoms with van der Waals surface area (Å²) >= 11 is 1.41. The summed E-state index contributed by atoms with van der Waals surface area (Å²) in [5.74, 6) is -1.44. The fourth-order valence-electron chi connectivity index (χ4n) is 2.78. The lowest BCUT2D eigenvalue weighted by Gasteiger charge is -2.09. The quantitative estimate of drug-likeness (QED) is 0.457. The van der Waals surface area contributed by atoms with Gasteiger partial charge in [0.15, 0.2) is 11.7 Å². The van der Waals surface area contributed by atoms with E-state index >= 15 is 0 Å². The van der Waals surface area contributed by atoms with Crippen LogP contribution in [0.2, 0.25) is 0 Å². The number of carbonyl (C=O) groups excluding carboxylic acids is 2. The second kappa shape index (κ2) is 7.59. The number of esters is 1. The fourth-order valence-corrected chi connectivity index (χ4v) is 3.53. The van der Waals surface area contributed by atoms with E-state index in [1.54, 1.807) is 19.2 Å². The predicted molar refractivity (Wildman–Crippen MR) is 97.0 cm³/mol. The van der Waals surface area contributed by atoms with Crippen LogP contribution in [0, 0.1) is 13.8 Å². The second-order valence-corrected chi connectivity index (χ2v) is 6.89. The smallest absolute Gasteiger partial charge is 0.416 e. The zero-order valence-electron chi connectivity index (χ0n) is 14.9. The Morgan fingerprint density at radius 1 is 1.21 bits per heavy atom. The molecule has 2 heterocycles. The molecule has 3 rings (SSSR count). The van der Waals surface area contributed by atoms with Crippen LogP contribution in [0.15, 0.2) is 41.9 Å². The zero-order valence-corrected chi connectivity index (χ0v) is 15.7. The maximum atomic E-state index is 12.8. The van der Waals surface area contributed by atoms with Gasteiger partial charge in [0.25, 0.3) is 0 Å². The van der Waals surface area contributed by atoms with Crippen molar-refractivity contribution in [1.82, 2.24) is 9.55 Å². The number of aryl methyl sites for hydroxylation is 1. The van der Waals surface area contributed by atoms with Crippen LogP contribution in [0.1, 0.15) is 37.7 Å². The number of benzene rings is 1. The molecule has 3 aromatic rings. The van der Waals surface area contributed by atoms with Crippen LogP contribution in [0.3, 0.4) is 0 Å². The van der Waals surface area contributed by atoms with Gasteiger partial charge in [-0.05, 0) is 38.1 Å². The van der Waals surface area contributed by atoms with Gasteiger partial charge in [0, 0.05) is 28.5 Å². The van der Waals surface area contributed by atoms with Crippen molar-refractivity contribution in [3.63, 3.8) is 0 Å². The van der Waals surface area contributed by atoms with Gasteiger partial charge in [-0.25, -0.2) is 9.78 Å². The summed E-state index contributed by atoms with van der Waals surface area (Å²) in [6, 6.07) is 5.53. The molecule has 0 unspecified atom stereocenters. The van der Waals surface area contributed by atoms with Crippen LogP contribution in [0.5, 0.6) is 0 Å². The number of nitrogens with zero attached hydrogens (tertiary/aromatic N) is 2. The minimum Gasteiger partial charge on any atom is -0.454 e. The third-order valence-corrected chi connectivity index (χ3v) is 4.86. The van der Waals surface area contributed by atoms with Crippen molar-refractivity contribution in [2.24, 2.45) is 0 Å². The predicted octanol–water partition coefficient (Wildman–Crippen LogP) is 4.61. The topological polar surface area (TPSA) is 61.2 Å². The Balaban J connectivity index is 1.73. The molecule has 2 aromatic heterocycles. The molecule has 0 saturated heterocycles. The van der Waals surface area contributed by atoms with E-state index in [0.29, 0.717) is 22.5 Å². The molecule has 9 heteroatoms. The van der Waals surface area contributed by atoms with Crippen molar-refractivity contribution < 1.29 is 27.5 Å². The third kappa shape index (κ3) is 3.99. The Bertz CT molecular complexity index is 1020. The van der Waals surface area contributed by atoms with Gasteiger partial charge in [0.2, 0.25) is 5.78 Å². The summed E-state index contributed by atoms with van der Waals surface area (Å²) in [5.41, 5.74) is 0.577. The number of Topliss-reactive ketones (excluding diaryl/α,β-unsaturated/α-hetero) is 1. The van der Waals surface area contributed by atoms with E-state index in [2.05, 4.69) is 4.98 Å². The Morgan fingerprint density at radius 2 is 1.96 bits per heavy atom. The standard InChI is InChI=1S/C19H15F3N2O3S/c1-11-8-15(12(2)24(11)18-23-6-7-28-18)16(25)10-27-17(26)13-4-3-5-14(9-13)19(20,21)22/h3-9H,10H2,1-2H3. The molecule has 146 valence electrons. The lowest BCUT2D eigenvalue weighted by atomic mass is 10.1. The van der Waals surface area contributed by atoms with Crippen LogP contribution in [0.25, 0.3) is 5.13 Å². The molecule has 0 aliphatic rings. The molecular formula is C19H15F3N2O3S. The second-order valence-electron chi connectivity index (χ2n) is 6.01. The highest BCUT2D eigenvalue weighted by Crippen LogP contribution is 2.29. The number of aromatic nitrogens is 2. The molecule has 0 fully saturated rings. The van der Waals surface area contributed by atoms with E-state index in [1.807, 2.05) is 16.9 Å². The van der Waals surface area contributed by atoms with E-state index < -0.39 is 30.1 Å². The lowest BCUT2D eigenvalue weighted by molar-refractivity contribution is -0.137. The van der Waals surface area contributed by atoms with Gasteiger partial charge in [-0.1, -0.05) is 6.07 Å². The van der Waals surface area contributed by atoms with Crippen LogP contribution in [0.4, 0.5) is 13.2 Å². The number of carbonyl (C=O) groups is 2. The van der Waals surface area contributed by atoms with Crippen molar-refractivity contribution >= 4 is 23.1 Å². The van der Waals surface area contributed by atoms with Gasteiger partial charge >= 0.3 is 12.1 Å². The Labute approximate surface area is 162 Å².